The van der Waals surface area contributed by atoms with Gasteiger partial charge in [-0.05, 0) is 75.5 Å². The van der Waals surface area contributed by atoms with E-state index >= 15 is 0 Å². The van der Waals surface area contributed by atoms with Crippen molar-refractivity contribution in [1.29, 1.82) is 0 Å². The quantitative estimate of drug-likeness (QED) is 0.470. The zero-order chi connectivity index (χ0) is 30.0. The number of para-hydroxylation sites is 1. The molecule has 0 radical (unpaired) electrons. The lowest BCUT2D eigenvalue weighted by atomic mass is 9.99. The van der Waals surface area contributed by atoms with E-state index in [1.807, 2.05) is 80.2 Å². The van der Waals surface area contributed by atoms with Gasteiger partial charge in [0.2, 0.25) is 5.91 Å². The molecule has 0 saturated carbocycles. The molecule has 0 spiro atoms. The van der Waals surface area contributed by atoms with E-state index in [-0.39, 0.29) is 36.6 Å². The third-order valence-electron chi connectivity index (χ3n) is 8.61. The molecule has 0 atom stereocenters. The van der Waals surface area contributed by atoms with Crippen molar-refractivity contribution in [2.45, 2.75) is 52.2 Å². The standard InChI is InChI=1S/C32H40N6O4/c1-22-8-7-10-26(23(22)2)27-20-36(32(42)38(30(27)40)19-18-34(3)4)21-29(39)35-15-13-25(14-16-35)37-17-12-24-9-5-6-11-28(24)33-31(37)41/h5-11,20,25H,12-19,21H2,1-4H3,(H,33,41). The maximum Gasteiger partial charge on any atom is 0.331 e. The van der Waals surface area contributed by atoms with Gasteiger partial charge in [0.1, 0.15) is 6.54 Å². The Bertz CT molecular complexity index is 1600. The topological polar surface area (TPSA) is 99.9 Å². The molecule has 0 aliphatic carbocycles. The van der Waals surface area contributed by atoms with Gasteiger partial charge in [-0.25, -0.2) is 9.59 Å². The Morgan fingerprint density at radius 2 is 1.69 bits per heavy atom. The van der Waals surface area contributed by atoms with Crippen LogP contribution < -0.4 is 16.6 Å². The Labute approximate surface area is 246 Å². The van der Waals surface area contributed by atoms with Gasteiger partial charge in [0.15, 0.2) is 0 Å². The maximum absolute atomic E-state index is 13.5. The van der Waals surface area contributed by atoms with Crippen LogP contribution in [0.5, 0.6) is 0 Å². The van der Waals surface area contributed by atoms with Gasteiger partial charge in [0.25, 0.3) is 5.56 Å². The third kappa shape index (κ3) is 6.04. The minimum Gasteiger partial charge on any atom is -0.341 e. The maximum atomic E-state index is 13.5. The van der Waals surface area contributed by atoms with Crippen molar-refractivity contribution in [3.8, 4) is 11.1 Å². The molecule has 0 bridgehead atoms. The summed E-state index contributed by atoms with van der Waals surface area (Å²) in [7, 11) is 3.78. The number of piperidine rings is 1. The van der Waals surface area contributed by atoms with Gasteiger partial charge < -0.3 is 20.0 Å². The van der Waals surface area contributed by atoms with Gasteiger partial charge in [-0.15, -0.1) is 0 Å². The Hall–Kier alpha value is -4.18. The normalized spacial score (nSPS) is 15.9. The number of hydrogen-bond donors (Lipinski definition) is 1. The number of carbonyl (C=O) groups is 2. The number of nitrogens with one attached hydrogen (secondary N) is 1. The van der Waals surface area contributed by atoms with Crippen molar-refractivity contribution in [1.82, 2.24) is 23.8 Å². The lowest BCUT2D eigenvalue weighted by molar-refractivity contribution is -0.133. The van der Waals surface area contributed by atoms with Crippen molar-refractivity contribution in [2.75, 3.05) is 45.6 Å². The van der Waals surface area contributed by atoms with Gasteiger partial charge in [0, 0.05) is 50.6 Å². The summed E-state index contributed by atoms with van der Waals surface area (Å²) in [4.78, 5) is 59.0. The average Bonchev–Trinajstić information content (AvgIpc) is 3.14. The highest BCUT2D eigenvalue weighted by Crippen LogP contribution is 2.25. The molecule has 2 aromatic carbocycles. The number of aryl methyl sites for hydroxylation is 1. The molecule has 10 nitrogen and oxygen atoms in total. The summed E-state index contributed by atoms with van der Waals surface area (Å²) < 4.78 is 2.62. The van der Waals surface area contributed by atoms with Crippen molar-refractivity contribution >= 4 is 17.6 Å². The van der Waals surface area contributed by atoms with E-state index < -0.39 is 5.69 Å². The molecule has 1 aromatic heterocycles. The van der Waals surface area contributed by atoms with Crippen molar-refractivity contribution in [3.63, 3.8) is 0 Å². The fourth-order valence-electron chi connectivity index (χ4n) is 5.90. The van der Waals surface area contributed by atoms with Crippen LogP contribution in [0.4, 0.5) is 10.5 Å². The number of rotatable bonds is 7. The Morgan fingerprint density at radius 3 is 2.43 bits per heavy atom. The number of nitrogens with zero attached hydrogens (tertiary/aromatic N) is 5. The number of fused-ring (bicyclic) bond motifs is 1. The number of urea groups is 1. The lowest BCUT2D eigenvalue weighted by Gasteiger charge is -2.38. The van der Waals surface area contributed by atoms with Crippen LogP contribution >= 0.6 is 0 Å². The molecule has 222 valence electrons. The Balaban J connectivity index is 1.33. The second-order valence-corrected chi connectivity index (χ2v) is 11.6. The van der Waals surface area contributed by atoms with Crippen LogP contribution in [-0.2, 0) is 24.3 Å². The van der Waals surface area contributed by atoms with Crippen LogP contribution in [0.15, 0.2) is 58.3 Å². The minimum atomic E-state index is -0.486. The van der Waals surface area contributed by atoms with Crippen LogP contribution in [0.1, 0.15) is 29.5 Å². The number of hydrogen-bond acceptors (Lipinski definition) is 5. The second kappa shape index (κ2) is 12.4. The first-order chi connectivity index (χ1) is 20.1. The van der Waals surface area contributed by atoms with Gasteiger partial charge in [-0.2, -0.15) is 0 Å². The summed E-state index contributed by atoms with van der Waals surface area (Å²) in [6.45, 7) is 6.17. The molecule has 42 heavy (non-hydrogen) atoms. The highest BCUT2D eigenvalue weighted by Gasteiger charge is 2.31. The highest BCUT2D eigenvalue weighted by atomic mass is 16.2. The molecule has 2 aliphatic rings. The smallest absolute Gasteiger partial charge is 0.331 e. The third-order valence-corrected chi connectivity index (χ3v) is 8.61. The Kier molecular flexibility index (Phi) is 8.63. The molecule has 1 N–H and O–H groups in total. The lowest BCUT2D eigenvalue weighted by Crippen LogP contribution is -2.51. The van der Waals surface area contributed by atoms with E-state index in [1.54, 1.807) is 11.1 Å². The van der Waals surface area contributed by atoms with Gasteiger partial charge >= 0.3 is 11.7 Å². The number of likely N-dealkylation sites (N-methyl/N-ethyl adjacent to an activating group) is 1. The van der Waals surface area contributed by atoms with Crippen LogP contribution in [0.25, 0.3) is 11.1 Å². The summed E-state index contributed by atoms with van der Waals surface area (Å²) in [6.07, 6.45) is 3.66. The SMILES string of the molecule is Cc1cccc(-c2cn(CC(=O)N3CCC(N4CCc5ccccc5NC4=O)CC3)c(=O)n(CCN(C)C)c2=O)c1C. The molecule has 3 amide bonds. The minimum absolute atomic E-state index is 0.0370. The molecule has 3 heterocycles. The average molecular weight is 573 g/mol. The summed E-state index contributed by atoms with van der Waals surface area (Å²) >= 11 is 0. The second-order valence-electron chi connectivity index (χ2n) is 11.6. The first kappa shape index (κ1) is 29.3. The number of aromatic nitrogens is 2. The molecule has 1 fully saturated rings. The fraction of sp³-hybridized carbons (Fsp3) is 0.438. The highest BCUT2D eigenvalue weighted by molar-refractivity contribution is 5.91. The van der Waals surface area contributed by atoms with Crippen molar-refractivity contribution in [3.05, 3.63) is 86.2 Å². The predicted octanol–water partition coefficient (Wildman–Crippen LogP) is 2.94. The molecule has 0 unspecified atom stereocenters. The first-order valence-electron chi connectivity index (χ1n) is 14.6. The van der Waals surface area contributed by atoms with Crippen molar-refractivity contribution in [2.24, 2.45) is 0 Å². The van der Waals surface area contributed by atoms with Crippen LogP contribution in [0, 0.1) is 13.8 Å². The molecule has 1 saturated heterocycles. The number of amides is 3. The van der Waals surface area contributed by atoms with Gasteiger partial charge in [-0.3, -0.25) is 18.7 Å². The zero-order valence-electron chi connectivity index (χ0n) is 24.9. The number of anilines is 1. The number of likely N-dealkylation sites (tertiary alicyclic amines) is 1. The van der Waals surface area contributed by atoms with Crippen LogP contribution in [-0.4, -0.2) is 82.1 Å². The predicted molar refractivity (Wildman–Crippen MR) is 164 cm³/mol. The molecule has 5 rings (SSSR count). The monoisotopic (exact) mass is 572 g/mol. The largest absolute Gasteiger partial charge is 0.341 e. The van der Waals surface area contributed by atoms with E-state index in [1.165, 1.54) is 9.13 Å². The molecular weight excluding hydrogens is 532 g/mol. The fourth-order valence-corrected chi connectivity index (χ4v) is 5.90. The number of benzene rings is 2. The summed E-state index contributed by atoms with van der Waals surface area (Å²) in [5.74, 6) is -0.173. The summed E-state index contributed by atoms with van der Waals surface area (Å²) in [5.41, 5.74) is 4.33. The van der Waals surface area contributed by atoms with E-state index in [2.05, 4.69) is 5.32 Å². The van der Waals surface area contributed by atoms with E-state index in [0.717, 1.165) is 34.4 Å². The first-order valence-corrected chi connectivity index (χ1v) is 14.6. The molecule has 3 aromatic rings. The van der Waals surface area contributed by atoms with Gasteiger partial charge in [-0.1, -0.05) is 36.4 Å². The van der Waals surface area contributed by atoms with Crippen LogP contribution in [0.2, 0.25) is 0 Å². The molecule has 10 heteroatoms. The molecular formula is C32H40N6O4. The van der Waals surface area contributed by atoms with Crippen molar-refractivity contribution < 1.29 is 9.59 Å². The molecule has 2 aliphatic heterocycles. The summed E-state index contributed by atoms with van der Waals surface area (Å²) in [6, 6.07) is 13.6. The van der Waals surface area contributed by atoms with E-state index in [4.69, 9.17) is 0 Å². The summed E-state index contributed by atoms with van der Waals surface area (Å²) in [5, 5.41) is 3.03. The Morgan fingerprint density at radius 1 is 0.952 bits per heavy atom. The number of carbonyl (C=O) groups excluding carboxylic acids is 2. The van der Waals surface area contributed by atoms with E-state index in [0.29, 0.717) is 44.6 Å². The zero-order valence-corrected chi connectivity index (χ0v) is 24.9. The van der Waals surface area contributed by atoms with Crippen LogP contribution in [0.3, 0.4) is 0 Å². The van der Waals surface area contributed by atoms with E-state index in [9.17, 15) is 19.2 Å². The van der Waals surface area contributed by atoms with Gasteiger partial charge in [0.05, 0.1) is 5.56 Å².